The minimum Gasteiger partial charge on any atom is -0.495 e. The topological polar surface area (TPSA) is 131 Å². The molecule has 1 aliphatic rings. The van der Waals surface area contributed by atoms with Crippen LogP contribution < -0.4 is 15.4 Å². The van der Waals surface area contributed by atoms with E-state index < -0.39 is 24.9 Å². The van der Waals surface area contributed by atoms with Crippen LogP contribution in [-0.4, -0.2) is 69.5 Å². The van der Waals surface area contributed by atoms with Crippen molar-refractivity contribution in [3.05, 3.63) is 53.7 Å². The molecule has 3 aromatic rings. The maximum atomic E-state index is 13.1. The first-order valence-corrected chi connectivity index (χ1v) is 17.0. The lowest BCUT2D eigenvalue weighted by atomic mass is 9.99. The Morgan fingerprint density at radius 3 is 2.44 bits per heavy atom. The lowest BCUT2D eigenvalue weighted by molar-refractivity contribution is 0.202. The number of nitrogens with zero attached hydrogens (tertiary/aromatic N) is 3. The summed E-state index contributed by atoms with van der Waals surface area (Å²) in [6, 6.07) is 11.1. The zero-order chi connectivity index (χ0) is 29.8. The molecule has 1 aliphatic heterocycles. The SMILES string of the molecule is COc1cc(S(=O)(=O)CCN2CCC(C)CC2)ccc1Nc1ncc(Cl)c(Nc2ccccc2S(=O)(=O)C(C)C)n1. The zero-order valence-electron chi connectivity index (χ0n) is 23.6. The lowest BCUT2D eigenvalue weighted by Gasteiger charge is -2.29. The number of para-hydroxylation sites is 1. The van der Waals surface area contributed by atoms with Gasteiger partial charge in [-0.3, -0.25) is 0 Å². The van der Waals surface area contributed by atoms with E-state index in [4.69, 9.17) is 16.3 Å². The van der Waals surface area contributed by atoms with Crippen LogP contribution in [0.4, 0.5) is 23.1 Å². The molecule has 0 spiro atoms. The summed E-state index contributed by atoms with van der Waals surface area (Å²) in [7, 11) is -5.64. The third-order valence-electron chi connectivity index (χ3n) is 7.14. The molecule has 41 heavy (non-hydrogen) atoms. The van der Waals surface area contributed by atoms with E-state index in [-0.39, 0.29) is 32.3 Å². The van der Waals surface area contributed by atoms with Gasteiger partial charge in [-0.05, 0) is 70.0 Å². The van der Waals surface area contributed by atoms with Gasteiger partial charge in [0, 0.05) is 12.6 Å². The Balaban J connectivity index is 1.52. The molecule has 0 unspecified atom stereocenters. The van der Waals surface area contributed by atoms with Crippen LogP contribution in [0, 0.1) is 5.92 Å². The molecule has 0 bridgehead atoms. The van der Waals surface area contributed by atoms with Crippen LogP contribution >= 0.6 is 11.6 Å². The van der Waals surface area contributed by atoms with Crippen molar-refractivity contribution < 1.29 is 21.6 Å². The van der Waals surface area contributed by atoms with Gasteiger partial charge in [0.2, 0.25) is 5.95 Å². The van der Waals surface area contributed by atoms with Gasteiger partial charge in [0.1, 0.15) is 10.8 Å². The van der Waals surface area contributed by atoms with Crippen molar-refractivity contribution in [2.45, 2.75) is 48.7 Å². The maximum Gasteiger partial charge on any atom is 0.229 e. The Labute approximate surface area is 247 Å². The number of rotatable bonds is 11. The first kappa shape index (κ1) is 31.0. The van der Waals surface area contributed by atoms with Gasteiger partial charge in [-0.15, -0.1) is 0 Å². The van der Waals surface area contributed by atoms with E-state index in [1.54, 1.807) is 38.1 Å². The summed E-state index contributed by atoms with van der Waals surface area (Å²) < 4.78 is 57.4. The van der Waals surface area contributed by atoms with E-state index in [0.717, 1.165) is 25.9 Å². The standard InChI is InChI=1S/C28H36ClN5O5S2/c1-19(2)41(37,38)26-8-6-5-7-24(26)31-27-22(29)18-30-28(33-27)32-23-10-9-21(17-25(23)39-4)40(35,36)16-15-34-13-11-20(3)12-14-34/h5-10,17-20H,11-16H2,1-4H3,(H2,30,31,32,33). The summed E-state index contributed by atoms with van der Waals surface area (Å²) in [5.74, 6) is 1.36. The molecule has 2 N–H and O–H groups in total. The van der Waals surface area contributed by atoms with Crippen molar-refractivity contribution in [2.75, 3.05) is 43.1 Å². The van der Waals surface area contributed by atoms with E-state index in [2.05, 4.69) is 32.4 Å². The summed E-state index contributed by atoms with van der Waals surface area (Å²) in [5, 5.41) is 5.62. The molecule has 0 radical (unpaired) electrons. The van der Waals surface area contributed by atoms with Gasteiger partial charge >= 0.3 is 0 Å². The molecule has 0 atom stereocenters. The summed E-state index contributed by atoms with van der Waals surface area (Å²) in [6.45, 7) is 7.78. The fourth-order valence-electron chi connectivity index (χ4n) is 4.46. The molecule has 222 valence electrons. The van der Waals surface area contributed by atoms with E-state index in [0.29, 0.717) is 29.6 Å². The van der Waals surface area contributed by atoms with Crippen LogP contribution in [-0.2, 0) is 19.7 Å². The maximum absolute atomic E-state index is 13.1. The monoisotopic (exact) mass is 621 g/mol. The Morgan fingerprint density at radius 1 is 1.05 bits per heavy atom. The molecule has 2 heterocycles. The quantitative estimate of drug-likeness (QED) is 0.290. The fourth-order valence-corrected chi connectivity index (χ4v) is 7.09. The van der Waals surface area contributed by atoms with Crippen molar-refractivity contribution in [3.8, 4) is 5.75 Å². The number of benzene rings is 2. The van der Waals surface area contributed by atoms with Crippen molar-refractivity contribution >= 4 is 54.4 Å². The summed E-state index contributed by atoms with van der Waals surface area (Å²) >= 11 is 6.34. The number of aromatic nitrogens is 2. The van der Waals surface area contributed by atoms with Gasteiger partial charge in [-0.2, -0.15) is 4.98 Å². The average molecular weight is 622 g/mol. The molecule has 1 saturated heterocycles. The second-order valence-electron chi connectivity index (χ2n) is 10.4. The molecule has 1 aromatic heterocycles. The number of piperidine rings is 1. The highest BCUT2D eigenvalue weighted by molar-refractivity contribution is 7.92. The van der Waals surface area contributed by atoms with E-state index in [1.807, 2.05) is 0 Å². The highest BCUT2D eigenvalue weighted by Gasteiger charge is 2.24. The fraction of sp³-hybridized carbons (Fsp3) is 0.429. The van der Waals surface area contributed by atoms with Gasteiger partial charge in [-0.25, -0.2) is 21.8 Å². The number of hydrogen-bond acceptors (Lipinski definition) is 10. The highest BCUT2D eigenvalue weighted by Crippen LogP contribution is 2.33. The number of sulfone groups is 2. The number of nitrogens with one attached hydrogen (secondary N) is 2. The Morgan fingerprint density at radius 2 is 1.76 bits per heavy atom. The van der Waals surface area contributed by atoms with Gasteiger partial charge in [0.25, 0.3) is 0 Å². The predicted octanol–water partition coefficient (Wildman–Crippen LogP) is 5.31. The van der Waals surface area contributed by atoms with E-state index >= 15 is 0 Å². The minimum atomic E-state index is -3.57. The first-order valence-electron chi connectivity index (χ1n) is 13.4. The Hall–Kier alpha value is -2.93. The smallest absolute Gasteiger partial charge is 0.229 e. The molecular formula is C28H36ClN5O5S2. The second-order valence-corrected chi connectivity index (χ2v) is 15.4. The van der Waals surface area contributed by atoms with Gasteiger partial charge < -0.3 is 20.3 Å². The van der Waals surface area contributed by atoms with Crippen LogP contribution in [0.25, 0.3) is 0 Å². The Bertz CT molecular complexity index is 1590. The summed E-state index contributed by atoms with van der Waals surface area (Å²) in [6.07, 6.45) is 3.55. The first-order chi connectivity index (χ1) is 19.4. The number of anilines is 4. The van der Waals surface area contributed by atoms with E-state index in [9.17, 15) is 16.8 Å². The third-order valence-corrected chi connectivity index (χ3v) is 11.3. The molecular weight excluding hydrogens is 586 g/mol. The van der Waals surface area contributed by atoms with Crippen LogP contribution in [0.3, 0.4) is 0 Å². The van der Waals surface area contributed by atoms with Crippen LogP contribution in [0.2, 0.25) is 5.02 Å². The number of ether oxygens (including phenoxy) is 1. The molecule has 0 saturated carbocycles. The van der Waals surface area contributed by atoms with Crippen LogP contribution in [0.5, 0.6) is 5.75 Å². The molecule has 4 rings (SSSR count). The molecule has 0 amide bonds. The highest BCUT2D eigenvalue weighted by atomic mass is 35.5. The number of methoxy groups -OCH3 is 1. The summed E-state index contributed by atoms with van der Waals surface area (Å²) in [5.41, 5.74) is 0.784. The zero-order valence-corrected chi connectivity index (χ0v) is 26.0. The van der Waals surface area contributed by atoms with Gasteiger partial charge in [0.05, 0.1) is 45.5 Å². The largest absolute Gasteiger partial charge is 0.495 e. The molecule has 10 nitrogen and oxygen atoms in total. The second kappa shape index (κ2) is 12.9. The van der Waals surface area contributed by atoms with Crippen molar-refractivity contribution in [3.63, 3.8) is 0 Å². The van der Waals surface area contributed by atoms with Crippen molar-refractivity contribution in [2.24, 2.45) is 5.92 Å². The number of hydrogen-bond donors (Lipinski definition) is 2. The molecule has 0 aliphatic carbocycles. The number of likely N-dealkylation sites (tertiary alicyclic amines) is 1. The van der Waals surface area contributed by atoms with Gasteiger partial charge in [-0.1, -0.05) is 30.7 Å². The third kappa shape index (κ3) is 7.48. The van der Waals surface area contributed by atoms with Crippen molar-refractivity contribution in [1.29, 1.82) is 0 Å². The summed E-state index contributed by atoms with van der Waals surface area (Å²) in [4.78, 5) is 11.1. The van der Waals surface area contributed by atoms with Gasteiger partial charge in [0.15, 0.2) is 25.5 Å². The lowest BCUT2D eigenvalue weighted by Crippen LogP contribution is -2.36. The predicted molar refractivity (Wildman–Crippen MR) is 162 cm³/mol. The normalized spacial score (nSPS) is 15.2. The average Bonchev–Trinajstić information content (AvgIpc) is 2.94. The molecule has 2 aromatic carbocycles. The van der Waals surface area contributed by atoms with Crippen molar-refractivity contribution in [1.82, 2.24) is 14.9 Å². The Kier molecular flexibility index (Phi) is 9.78. The molecule has 13 heteroatoms. The number of halogens is 1. The van der Waals surface area contributed by atoms with Crippen LogP contribution in [0.15, 0.2) is 58.5 Å². The molecule has 1 fully saturated rings. The van der Waals surface area contributed by atoms with E-state index in [1.165, 1.54) is 31.5 Å². The minimum absolute atomic E-state index is 0.0284. The van der Waals surface area contributed by atoms with Crippen LogP contribution in [0.1, 0.15) is 33.6 Å².